The number of nitrogens with zero attached hydrogens (tertiary/aromatic N) is 2. The first kappa shape index (κ1) is 13.5. The monoisotopic (exact) mass is 287 g/mol. The summed E-state index contributed by atoms with van der Waals surface area (Å²) >= 11 is 0. The van der Waals surface area contributed by atoms with Crippen LogP contribution >= 0.6 is 0 Å². The van der Waals surface area contributed by atoms with Gasteiger partial charge in [0.2, 0.25) is 0 Å². The lowest BCUT2D eigenvalue weighted by molar-refractivity contribution is 0.0710. The molecule has 0 atom stereocenters. The number of amides is 1. The zero-order valence-corrected chi connectivity index (χ0v) is 11.5. The summed E-state index contributed by atoms with van der Waals surface area (Å²) in [6, 6.07) is 7.49. The number of likely N-dealkylation sites (tertiary alicyclic amines) is 1. The molecular weight excluding hydrogens is 270 g/mol. The molecule has 3 rings (SSSR count). The Morgan fingerprint density at radius 3 is 2.76 bits per heavy atom. The summed E-state index contributed by atoms with van der Waals surface area (Å²) in [5.74, 6) is 0.258. The van der Waals surface area contributed by atoms with Crippen molar-refractivity contribution in [3.05, 3.63) is 36.1 Å². The summed E-state index contributed by atoms with van der Waals surface area (Å²) < 4.78 is 5.42. The lowest BCUT2D eigenvalue weighted by atomic mass is 9.95. The van der Waals surface area contributed by atoms with Gasteiger partial charge in [-0.3, -0.25) is 4.79 Å². The molecule has 110 valence electrons. The van der Waals surface area contributed by atoms with E-state index in [1.165, 1.54) is 6.26 Å². The van der Waals surface area contributed by atoms with Crippen molar-refractivity contribution in [3.63, 3.8) is 0 Å². The highest BCUT2D eigenvalue weighted by atomic mass is 16.4. The van der Waals surface area contributed by atoms with Crippen LogP contribution in [-0.4, -0.2) is 34.9 Å². The third-order valence-corrected chi connectivity index (χ3v) is 4.03. The van der Waals surface area contributed by atoms with Gasteiger partial charge in [-0.05, 0) is 18.9 Å². The molecule has 2 aromatic rings. The van der Waals surface area contributed by atoms with Crippen LogP contribution in [0.4, 0.5) is 0 Å². The minimum absolute atomic E-state index is 0.0297. The van der Waals surface area contributed by atoms with Crippen LogP contribution in [0.2, 0.25) is 0 Å². The van der Waals surface area contributed by atoms with Crippen LogP contribution in [0, 0.1) is 5.92 Å². The fourth-order valence-electron chi connectivity index (χ4n) is 2.77. The van der Waals surface area contributed by atoms with E-state index in [1.807, 2.05) is 24.3 Å². The number of rotatable bonds is 2. The highest BCUT2D eigenvalue weighted by Gasteiger charge is 2.27. The lowest BCUT2D eigenvalue weighted by Gasteiger charge is -2.31. The third kappa shape index (κ3) is 2.44. The number of furan rings is 1. The van der Waals surface area contributed by atoms with E-state index >= 15 is 0 Å². The van der Waals surface area contributed by atoms with Crippen molar-refractivity contribution in [1.82, 2.24) is 4.90 Å². The number of benzene rings is 1. The molecular formula is C15H17N3O3. The van der Waals surface area contributed by atoms with Crippen molar-refractivity contribution in [2.45, 2.75) is 12.8 Å². The molecule has 1 aromatic carbocycles. The number of hydrogen-bond donors (Lipinski definition) is 2. The number of carbonyl (C=O) groups is 1. The number of piperidine rings is 1. The van der Waals surface area contributed by atoms with Gasteiger partial charge in [-0.15, -0.1) is 0 Å². The Balaban J connectivity index is 1.75. The number of amidine groups is 1. The van der Waals surface area contributed by atoms with E-state index < -0.39 is 0 Å². The number of hydrogen-bond acceptors (Lipinski definition) is 4. The molecule has 1 amide bonds. The van der Waals surface area contributed by atoms with Gasteiger partial charge in [-0.25, -0.2) is 0 Å². The SMILES string of the molecule is NC(=NO)C1CCN(C(=O)c2coc3ccccc23)CC1. The van der Waals surface area contributed by atoms with Gasteiger partial charge in [0.15, 0.2) is 0 Å². The number of nitrogens with two attached hydrogens (primary N) is 1. The van der Waals surface area contributed by atoms with E-state index in [0.717, 1.165) is 5.39 Å². The summed E-state index contributed by atoms with van der Waals surface area (Å²) in [4.78, 5) is 14.4. The zero-order valence-electron chi connectivity index (χ0n) is 11.5. The zero-order chi connectivity index (χ0) is 14.8. The first-order valence-electron chi connectivity index (χ1n) is 6.93. The fraction of sp³-hybridized carbons (Fsp3) is 0.333. The summed E-state index contributed by atoms with van der Waals surface area (Å²) in [7, 11) is 0. The van der Waals surface area contributed by atoms with E-state index in [-0.39, 0.29) is 17.7 Å². The van der Waals surface area contributed by atoms with Crippen LogP contribution in [-0.2, 0) is 0 Å². The average Bonchev–Trinajstić information content (AvgIpc) is 2.97. The van der Waals surface area contributed by atoms with E-state index in [4.69, 9.17) is 15.4 Å². The van der Waals surface area contributed by atoms with Crippen molar-refractivity contribution in [1.29, 1.82) is 0 Å². The second-order valence-electron chi connectivity index (χ2n) is 5.24. The Morgan fingerprint density at radius 1 is 1.33 bits per heavy atom. The molecule has 0 spiro atoms. The first-order chi connectivity index (χ1) is 10.2. The van der Waals surface area contributed by atoms with Crippen molar-refractivity contribution in [2.24, 2.45) is 16.8 Å². The minimum atomic E-state index is -0.0297. The molecule has 0 radical (unpaired) electrons. The van der Waals surface area contributed by atoms with E-state index in [0.29, 0.717) is 37.1 Å². The predicted molar refractivity (Wildman–Crippen MR) is 78.3 cm³/mol. The molecule has 6 nitrogen and oxygen atoms in total. The summed E-state index contributed by atoms with van der Waals surface area (Å²) in [5.41, 5.74) is 6.93. The Morgan fingerprint density at radius 2 is 2.05 bits per heavy atom. The van der Waals surface area contributed by atoms with Gasteiger partial charge in [-0.1, -0.05) is 23.4 Å². The number of para-hydroxylation sites is 1. The normalized spacial score (nSPS) is 17.3. The van der Waals surface area contributed by atoms with Crippen LogP contribution in [0.1, 0.15) is 23.2 Å². The van der Waals surface area contributed by atoms with Gasteiger partial charge in [0.05, 0.1) is 5.56 Å². The predicted octanol–water partition coefficient (Wildman–Crippen LogP) is 2.03. The molecule has 3 N–H and O–H groups in total. The van der Waals surface area contributed by atoms with Gasteiger partial charge >= 0.3 is 0 Å². The minimum Gasteiger partial charge on any atom is -0.463 e. The molecule has 2 heterocycles. The quantitative estimate of drug-likeness (QED) is 0.382. The number of oxime groups is 1. The fourth-order valence-corrected chi connectivity index (χ4v) is 2.77. The maximum atomic E-state index is 12.6. The van der Waals surface area contributed by atoms with E-state index in [2.05, 4.69) is 5.16 Å². The van der Waals surface area contributed by atoms with Gasteiger partial charge in [0.1, 0.15) is 17.7 Å². The molecule has 0 bridgehead atoms. The van der Waals surface area contributed by atoms with Crippen molar-refractivity contribution < 1.29 is 14.4 Å². The van der Waals surface area contributed by atoms with Crippen LogP contribution in [0.25, 0.3) is 11.0 Å². The second kappa shape index (κ2) is 5.47. The van der Waals surface area contributed by atoms with Gasteiger partial charge in [-0.2, -0.15) is 0 Å². The molecule has 0 saturated carbocycles. The van der Waals surface area contributed by atoms with Crippen LogP contribution in [0.5, 0.6) is 0 Å². The maximum Gasteiger partial charge on any atom is 0.257 e. The molecule has 1 aromatic heterocycles. The van der Waals surface area contributed by atoms with E-state index in [9.17, 15) is 4.79 Å². The Kier molecular flexibility index (Phi) is 3.51. The molecule has 21 heavy (non-hydrogen) atoms. The summed E-state index contributed by atoms with van der Waals surface area (Å²) in [6.45, 7) is 1.19. The lowest BCUT2D eigenvalue weighted by Crippen LogP contribution is -2.41. The second-order valence-corrected chi connectivity index (χ2v) is 5.24. The average molecular weight is 287 g/mol. The summed E-state index contributed by atoms with van der Waals surface area (Å²) in [6.07, 6.45) is 2.93. The Bertz CT molecular complexity index is 684. The Labute approximate surface area is 121 Å². The molecule has 1 fully saturated rings. The molecule has 6 heteroatoms. The maximum absolute atomic E-state index is 12.6. The first-order valence-corrected chi connectivity index (χ1v) is 6.93. The van der Waals surface area contributed by atoms with Gasteiger partial charge < -0.3 is 20.3 Å². The highest BCUT2D eigenvalue weighted by Crippen LogP contribution is 2.24. The van der Waals surface area contributed by atoms with E-state index in [1.54, 1.807) is 4.90 Å². The molecule has 1 saturated heterocycles. The Hall–Kier alpha value is -2.50. The van der Waals surface area contributed by atoms with Crippen molar-refractivity contribution in [2.75, 3.05) is 13.1 Å². The van der Waals surface area contributed by atoms with Crippen molar-refractivity contribution >= 4 is 22.7 Å². The van der Waals surface area contributed by atoms with Gasteiger partial charge in [0, 0.05) is 24.4 Å². The standard InChI is InChI=1S/C15H17N3O3/c16-14(17-20)10-5-7-18(8-6-10)15(19)12-9-21-13-4-2-1-3-11(12)13/h1-4,9-10,20H,5-8H2,(H2,16,17). The van der Waals surface area contributed by atoms with Gasteiger partial charge in [0.25, 0.3) is 5.91 Å². The summed E-state index contributed by atoms with van der Waals surface area (Å²) in [5, 5.41) is 12.6. The molecule has 0 unspecified atom stereocenters. The molecule has 0 aliphatic carbocycles. The number of carbonyl (C=O) groups excluding carboxylic acids is 1. The third-order valence-electron chi connectivity index (χ3n) is 4.03. The van der Waals surface area contributed by atoms with Crippen LogP contribution in [0.3, 0.4) is 0 Å². The smallest absolute Gasteiger partial charge is 0.257 e. The highest BCUT2D eigenvalue weighted by molar-refractivity contribution is 6.05. The molecule has 1 aliphatic heterocycles. The molecule has 1 aliphatic rings. The van der Waals surface area contributed by atoms with Crippen LogP contribution in [0.15, 0.2) is 40.1 Å². The topological polar surface area (TPSA) is 92.1 Å². The van der Waals surface area contributed by atoms with Crippen molar-refractivity contribution in [3.8, 4) is 0 Å². The largest absolute Gasteiger partial charge is 0.463 e. The number of fused-ring (bicyclic) bond motifs is 1. The van der Waals surface area contributed by atoms with Crippen LogP contribution < -0.4 is 5.73 Å².